The van der Waals surface area contributed by atoms with Gasteiger partial charge in [0, 0.05) is 0 Å². The molecule has 0 saturated heterocycles. The van der Waals surface area contributed by atoms with E-state index in [1.807, 2.05) is 0 Å². The molecule has 1 atom stereocenters. The molecule has 0 spiro atoms. The zero-order valence-corrected chi connectivity index (χ0v) is 14.0. The van der Waals surface area contributed by atoms with Gasteiger partial charge in [0.25, 0.3) is 0 Å². The van der Waals surface area contributed by atoms with E-state index in [2.05, 4.69) is 45.0 Å². The third-order valence-electron chi connectivity index (χ3n) is 5.24. The van der Waals surface area contributed by atoms with Crippen LogP contribution in [0.5, 0.6) is 0 Å². The van der Waals surface area contributed by atoms with Crippen molar-refractivity contribution >= 4 is 11.6 Å². The van der Waals surface area contributed by atoms with Crippen LogP contribution in [-0.2, 0) is 5.41 Å². The van der Waals surface area contributed by atoms with Crippen molar-refractivity contribution < 1.29 is 0 Å². The second-order valence-corrected chi connectivity index (χ2v) is 7.58. The van der Waals surface area contributed by atoms with Gasteiger partial charge in [-0.3, -0.25) is 0 Å². The lowest BCUT2D eigenvalue weighted by Crippen LogP contribution is -2.15. The molecule has 0 aromatic heterocycles. The Kier molecular flexibility index (Phi) is 5.55. The molecule has 20 heavy (non-hydrogen) atoms. The SMILES string of the molecule is CCC(C)(C)c1ccc(C(Cl)CCC2CCCC2)cc1. The molecule has 1 unspecified atom stereocenters. The summed E-state index contributed by atoms with van der Waals surface area (Å²) < 4.78 is 0. The van der Waals surface area contributed by atoms with Gasteiger partial charge in [-0.25, -0.2) is 0 Å². The maximum atomic E-state index is 6.59. The molecule has 0 radical (unpaired) electrons. The van der Waals surface area contributed by atoms with Gasteiger partial charge in [-0.1, -0.05) is 70.7 Å². The lowest BCUT2D eigenvalue weighted by Gasteiger charge is -2.24. The van der Waals surface area contributed by atoms with Gasteiger partial charge < -0.3 is 0 Å². The first-order valence-corrected chi connectivity index (χ1v) is 8.71. The summed E-state index contributed by atoms with van der Waals surface area (Å²) in [4.78, 5) is 0. The van der Waals surface area contributed by atoms with E-state index in [1.54, 1.807) is 0 Å². The van der Waals surface area contributed by atoms with Gasteiger partial charge in [0.15, 0.2) is 0 Å². The van der Waals surface area contributed by atoms with Crippen LogP contribution in [0.25, 0.3) is 0 Å². The van der Waals surface area contributed by atoms with Crippen molar-refractivity contribution in [1.29, 1.82) is 0 Å². The highest BCUT2D eigenvalue weighted by Crippen LogP contribution is 2.35. The zero-order chi connectivity index (χ0) is 14.6. The van der Waals surface area contributed by atoms with E-state index in [4.69, 9.17) is 11.6 Å². The molecule has 112 valence electrons. The molecule has 0 N–H and O–H groups in total. The number of hydrogen-bond donors (Lipinski definition) is 0. The number of rotatable bonds is 6. The monoisotopic (exact) mass is 292 g/mol. The normalized spacial score (nSPS) is 18.4. The van der Waals surface area contributed by atoms with Crippen molar-refractivity contribution in [2.45, 2.75) is 76.5 Å². The molecule has 1 aliphatic rings. The van der Waals surface area contributed by atoms with Crippen molar-refractivity contribution in [3.05, 3.63) is 35.4 Å². The quantitative estimate of drug-likeness (QED) is 0.517. The van der Waals surface area contributed by atoms with Crippen molar-refractivity contribution in [3.8, 4) is 0 Å². The molecule has 0 amide bonds. The lowest BCUT2D eigenvalue weighted by atomic mass is 9.82. The molecule has 1 saturated carbocycles. The Bertz CT molecular complexity index is 398. The highest BCUT2D eigenvalue weighted by Gasteiger charge is 2.19. The first kappa shape index (κ1) is 15.9. The molecule has 0 bridgehead atoms. The van der Waals surface area contributed by atoms with Crippen LogP contribution in [0.15, 0.2) is 24.3 Å². The standard InChI is InChI=1S/C19H29Cl/c1-4-19(2,3)17-12-10-16(11-13-17)18(20)14-9-15-7-5-6-8-15/h10-13,15,18H,4-9,14H2,1-3H3. The van der Waals surface area contributed by atoms with Crippen LogP contribution < -0.4 is 0 Å². The maximum Gasteiger partial charge on any atom is 0.0585 e. The highest BCUT2D eigenvalue weighted by molar-refractivity contribution is 6.20. The summed E-state index contributed by atoms with van der Waals surface area (Å²) in [7, 11) is 0. The summed E-state index contributed by atoms with van der Waals surface area (Å²) in [6.07, 6.45) is 9.30. The smallest absolute Gasteiger partial charge is 0.0585 e. The first-order valence-electron chi connectivity index (χ1n) is 8.27. The van der Waals surface area contributed by atoms with Crippen molar-refractivity contribution in [3.63, 3.8) is 0 Å². The molecule has 0 nitrogen and oxygen atoms in total. The Morgan fingerprint density at radius 3 is 2.30 bits per heavy atom. The molecule has 1 heteroatoms. The van der Waals surface area contributed by atoms with E-state index >= 15 is 0 Å². The number of alkyl halides is 1. The molecule has 1 fully saturated rings. The molecular weight excluding hydrogens is 264 g/mol. The third-order valence-corrected chi connectivity index (χ3v) is 5.71. The van der Waals surface area contributed by atoms with Gasteiger partial charge in [-0.2, -0.15) is 0 Å². The van der Waals surface area contributed by atoms with Crippen LogP contribution >= 0.6 is 11.6 Å². The van der Waals surface area contributed by atoms with E-state index in [9.17, 15) is 0 Å². The summed E-state index contributed by atoms with van der Waals surface area (Å²) in [5.41, 5.74) is 2.98. The van der Waals surface area contributed by atoms with Gasteiger partial charge in [0.1, 0.15) is 0 Å². The van der Waals surface area contributed by atoms with E-state index < -0.39 is 0 Å². The molecular formula is C19H29Cl. The summed E-state index contributed by atoms with van der Waals surface area (Å²) in [5, 5.41) is 0.189. The summed E-state index contributed by atoms with van der Waals surface area (Å²) in [5.74, 6) is 0.939. The molecule has 1 aliphatic carbocycles. The van der Waals surface area contributed by atoms with Crippen molar-refractivity contribution in [2.75, 3.05) is 0 Å². The van der Waals surface area contributed by atoms with Crippen LogP contribution in [0.4, 0.5) is 0 Å². The van der Waals surface area contributed by atoms with Gasteiger partial charge in [-0.15, -0.1) is 11.6 Å². The van der Waals surface area contributed by atoms with Crippen molar-refractivity contribution in [2.24, 2.45) is 5.92 Å². The Hall–Kier alpha value is -0.490. The summed E-state index contributed by atoms with van der Waals surface area (Å²) in [6, 6.07) is 9.01. The lowest BCUT2D eigenvalue weighted by molar-refractivity contribution is 0.479. The Morgan fingerprint density at radius 1 is 1.15 bits per heavy atom. The predicted molar refractivity (Wildman–Crippen MR) is 89.5 cm³/mol. The van der Waals surface area contributed by atoms with Crippen LogP contribution in [0.2, 0.25) is 0 Å². The second-order valence-electron chi connectivity index (χ2n) is 7.05. The van der Waals surface area contributed by atoms with Crippen LogP contribution in [0, 0.1) is 5.92 Å². The van der Waals surface area contributed by atoms with E-state index in [1.165, 1.54) is 49.7 Å². The predicted octanol–water partition coefficient (Wildman–Crippen LogP) is 6.62. The minimum Gasteiger partial charge on any atom is -0.118 e. The number of hydrogen-bond acceptors (Lipinski definition) is 0. The summed E-state index contributed by atoms with van der Waals surface area (Å²) >= 11 is 6.59. The molecule has 1 aromatic carbocycles. The van der Waals surface area contributed by atoms with Gasteiger partial charge >= 0.3 is 0 Å². The zero-order valence-electron chi connectivity index (χ0n) is 13.3. The van der Waals surface area contributed by atoms with E-state index in [0.717, 1.165) is 12.3 Å². The third kappa shape index (κ3) is 4.01. The highest BCUT2D eigenvalue weighted by atomic mass is 35.5. The van der Waals surface area contributed by atoms with Crippen LogP contribution in [0.3, 0.4) is 0 Å². The minimum absolute atomic E-state index is 0.189. The second kappa shape index (κ2) is 6.98. The number of halogens is 1. The Balaban J connectivity index is 1.91. The van der Waals surface area contributed by atoms with Gasteiger partial charge in [0.05, 0.1) is 5.38 Å². The summed E-state index contributed by atoms with van der Waals surface area (Å²) in [6.45, 7) is 6.86. The molecule has 2 rings (SSSR count). The average Bonchev–Trinajstić information content (AvgIpc) is 2.98. The van der Waals surface area contributed by atoms with Gasteiger partial charge in [-0.05, 0) is 41.7 Å². The Morgan fingerprint density at radius 2 is 1.75 bits per heavy atom. The fourth-order valence-electron chi connectivity index (χ4n) is 3.19. The molecule has 0 aliphatic heterocycles. The molecule has 1 aromatic rings. The average molecular weight is 293 g/mol. The topological polar surface area (TPSA) is 0 Å². The number of benzene rings is 1. The van der Waals surface area contributed by atoms with E-state index in [-0.39, 0.29) is 10.8 Å². The first-order chi connectivity index (χ1) is 9.53. The Labute approximate surface area is 129 Å². The van der Waals surface area contributed by atoms with Crippen LogP contribution in [-0.4, -0.2) is 0 Å². The van der Waals surface area contributed by atoms with Crippen molar-refractivity contribution in [1.82, 2.24) is 0 Å². The fourth-order valence-corrected chi connectivity index (χ4v) is 3.47. The minimum atomic E-state index is 0.189. The van der Waals surface area contributed by atoms with E-state index in [0.29, 0.717) is 0 Å². The molecule has 0 heterocycles. The fraction of sp³-hybridized carbons (Fsp3) is 0.684. The van der Waals surface area contributed by atoms with Crippen LogP contribution in [0.1, 0.15) is 82.2 Å². The maximum absolute atomic E-state index is 6.59. The van der Waals surface area contributed by atoms with Gasteiger partial charge in [0.2, 0.25) is 0 Å². The largest absolute Gasteiger partial charge is 0.118 e.